The number of hydrogen-bond acceptors (Lipinski definition) is 4. The predicted octanol–water partition coefficient (Wildman–Crippen LogP) is 3.57. The topological polar surface area (TPSA) is 76.3 Å². The van der Waals surface area contributed by atoms with Crippen LogP contribution in [0.25, 0.3) is 0 Å². The molecular weight excluding hydrogens is 317 g/mol. The maximum atomic E-state index is 12.4. The number of anilines is 1. The number of non-ortho nitro benzene ring substituents is 1. The van der Waals surface area contributed by atoms with E-state index in [1.54, 1.807) is 12.1 Å². The van der Waals surface area contributed by atoms with Crippen LogP contribution < -0.4 is 4.90 Å². The molecule has 2 rings (SSSR count). The molecule has 0 saturated carbocycles. The monoisotopic (exact) mass is 325 g/mol. The minimum atomic E-state index is -0.634. The molecule has 0 aliphatic heterocycles. The molecule has 1 amide bonds. The second kappa shape index (κ2) is 6.07. The second-order valence-corrected chi connectivity index (χ2v) is 4.90. The molecule has 1 aromatic heterocycles. The number of carbonyl (C=O) groups is 1. The lowest BCUT2D eigenvalue weighted by molar-refractivity contribution is -0.384. The number of nitrogens with zero attached hydrogens (tertiary/aromatic N) is 3. The summed E-state index contributed by atoms with van der Waals surface area (Å²) in [6, 6.07) is 5.47. The Morgan fingerprint density at radius 2 is 1.90 bits per heavy atom. The summed E-state index contributed by atoms with van der Waals surface area (Å²) in [5.74, 6) is -0.503. The Labute approximate surface area is 130 Å². The molecule has 0 aliphatic carbocycles. The van der Waals surface area contributed by atoms with Crippen LogP contribution in [-0.4, -0.2) is 22.9 Å². The van der Waals surface area contributed by atoms with E-state index in [0.29, 0.717) is 5.69 Å². The van der Waals surface area contributed by atoms with Gasteiger partial charge in [0.1, 0.15) is 0 Å². The zero-order valence-corrected chi connectivity index (χ0v) is 12.3. The van der Waals surface area contributed by atoms with Crippen LogP contribution in [0.3, 0.4) is 0 Å². The molecule has 21 heavy (non-hydrogen) atoms. The van der Waals surface area contributed by atoms with E-state index in [0.717, 1.165) is 12.1 Å². The third kappa shape index (κ3) is 3.12. The van der Waals surface area contributed by atoms with E-state index in [9.17, 15) is 14.9 Å². The van der Waals surface area contributed by atoms with Crippen LogP contribution in [0.4, 0.5) is 11.4 Å². The molecule has 108 valence electrons. The van der Waals surface area contributed by atoms with Crippen LogP contribution in [0.1, 0.15) is 10.4 Å². The summed E-state index contributed by atoms with van der Waals surface area (Å²) >= 11 is 11.8. The van der Waals surface area contributed by atoms with Crippen molar-refractivity contribution in [3.05, 3.63) is 62.4 Å². The number of carbonyl (C=O) groups excluding carboxylic acids is 1. The molecular formula is C13H9Cl2N3O3. The van der Waals surface area contributed by atoms with Crippen molar-refractivity contribution in [1.82, 2.24) is 4.98 Å². The van der Waals surface area contributed by atoms with Gasteiger partial charge in [-0.15, -0.1) is 0 Å². The minimum absolute atomic E-state index is 0.0202. The normalized spacial score (nSPS) is 10.2. The van der Waals surface area contributed by atoms with Crippen LogP contribution >= 0.6 is 23.2 Å². The summed E-state index contributed by atoms with van der Waals surface area (Å²) in [4.78, 5) is 27.8. The van der Waals surface area contributed by atoms with Crippen LogP contribution in [0.2, 0.25) is 10.0 Å². The minimum Gasteiger partial charge on any atom is -0.311 e. The molecule has 6 nitrogen and oxygen atoms in total. The van der Waals surface area contributed by atoms with Crippen molar-refractivity contribution in [3.8, 4) is 0 Å². The Bertz CT molecular complexity index is 707. The number of rotatable bonds is 3. The molecule has 0 fully saturated rings. The number of halogens is 2. The van der Waals surface area contributed by atoms with E-state index in [2.05, 4.69) is 4.98 Å². The fraction of sp³-hybridized carbons (Fsp3) is 0.0769. The number of pyridine rings is 1. The van der Waals surface area contributed by atoms with Crippen molar-refractivity contribution >= 4 is 40.5 Å². The molecule has 0 spiro atoms. The van der Waals surface area contributed by atoms with E-state index in [1.807, 2.05) is 0 Å². The molecule has 0 saturated heterocycles. The highest BCUT2D eigenvalue weighted by Gasteiger charge is 2.22. The zero-order valence-electron chi connectivity index (χ0n) is 10.8. The van der Waals surface area contributed by atoms with Gasteiger partial charge >= 0.3 is 0 Å². The van der Waals surface area contributed by atoms with Gasteiger partial charge < -0.3 is 4.90 Å². The molecule has 1 heterocycles. The van der Waals surface area contributed by atoms with Gasteiger partial charge in [0.2, 0.25) is 0 Å². The van der Waals surface area contributed by atoms with Gasteiger partial charge in [0, 0.05) is 37.3 Å². The third-order valence-electron chi connectivity index (χ3n) is 2.81. The summed E-state index contributed by atoms with van der Waals surface area (Å²) < 4.78 is 0. The Balaban J connectivity index is 2.46. The summed E-state index contributed by atoms with van der Waals surface area (Å²) in [5.41, 5.74) is 0.250. The van der Waals surface area contributed by atoms with Crippen molar-refractivity contribution < 1.29 is 9.72 Å². The summed E-state index contributed by atoms with van der Waals surface area (Å²) in [6.07, 6.45) is 3.06. The van der Waals surface area contributed by atoms with Gasteiger partial charge in [0.25, 0.3) is 11.6 Å². The van der Waals surface area contributed by atoms with Crippen molar-refractivity contribution in [2.45, 2.75) is 0 Å². The number of nitro benzene ring substituents is 1. The molecule has 0 aliphatic rings. The lowest BCUT2D eigenvalue weighted by Gasteiger charge is -2.18. The average molecular weight is 326 g/mol. The summed E-state index contributed by atoms with van der Waals surface area (Å²) in [6.45, 7) is 0. The number of amides is 1. The number of nitro groups is 1. The fourth-order valence-corrected chi connectivity index (χ4v) is 2.10. The first-order valence-corrected chi connectivity index (χ1v) is 6.49. The second-order valence-electron chi connectivity index (χ2n) is 4.12. The molecule has 0 N–H and O–H groups in total. The Kier molecular flexibility index (Phi) is 4.40. The maximum Gasteiger partial charge on any atom is 0.271 e. The zero-order chi connectivity index (χ0) is 15.6. The number of aromatic nitrogens is 1. The number of hydrogen-bond donors (Lipinski definition) is 0. The van der Waals surface area contributed by atoms with Gasteiger partial charge in [-0.3, -0.25) is 19.9 Å². The maximum absolute atomic E-state index is 12.4. The molecule has 0 radical (unpaired) electrons. The van der Waals surface area contributed by atoms with Gasteiger partial charge in [-0.25, -0.2) is 0 Å². The SMILES string of the molecule is CN(C(=O)c1cc([N+](=O)[O-])cc(Cl)c1Cl)c1ccncc1. The fourth-order valence-electron chi connectivity index (χ4n) is 1.70. The average Bonchev–Trinajstić information content (AvgIpc) is 2.49. The van der Waals surface area contributed by atoms with Crippen LogP contribution in [0.15, 0.2) is 36.7 Å². The standard InChI is InChI=1S/C13H9Cl2N3O3/c1-17(8-2-4-16-5-3-8)13(19)10-6-9(18(20)21)7-11(14)12(10)15/h2-7H,1H3. The molecule has 1 aromatic carbocycles. The van der Waals surface area contributed by atoms with Crippen LogP contribution in [0, 0.1) is 10.1 Å². The highest BCUT2D eigenvalue weighted by Crippen LogP contribution is 2.32. The molecule has 0 bridgehead atoms. The molecule has 0 unspecified atom stereocenters. The summed E-state index contributed by atoms with van der Waals surface area (Å²) in [7, 11) is 1.53. The summed E-state index contributed by atoms with van der Waals surface area (Å²) in [5, 5.41) is 10.8. The Hall–Kier alpha value is -2.18. The Morgan fingerprint density at radius 1 is 1.29 bits per heavy atom. The van der Waals surface area contributed by atoms with Gasteiger partial charge in [0.15, 0.2) is 0 Å². The van der Waals surface area contributed by atoms with Gasteiger partial charge in [-0.2, -0.15) is 0 Å². The van der Waals surface area contributed by atoms with Crippen LogP contribution in [0.5, 0.6) is 0 Å². The molecule has 8 heteroatoms. The highest BCUT2D eigenvalue weighted by molar-refractivity contribution is 6.44. The van der Waals surface area contributed by atoms with Crippen molar-refractivity contribution in [1.29, 1.82) is 0 Å². The van der Waals surface area contributed by atoms with Gasteiger partial charge in [-0.05, 0) is 12.1 Å². The predicted molar refractivity (Wildman–Crippen MR) is 80.1 cm³/mol. The first-order chi connectivity index (χ1) is 9.91. The first-order valence-electron chi connectivity index (χ1n) is 5.73. The molecule has 0 atom stereocenters. The van der Waals surface area contributed by atoms with Crippen molar-refractivity contribution in [3.63, 3.8) is 0 Å². The van der Waals surface area contributed by atoms with E-state index in [1.165, 1.54) is 24.3 Å². The van der Waals surface area contributed by atoms with E-state index < -0.39 is 10.8 Å². The lowest BCUT2D eigenvalue weighted by atomic mass is 10.1. The van der Waals surface area contributed by atoms with Gasteiger partial charge in [0.05, 0.1) is 20.5 Å². The Morgan fingerprint density at radius 3 is 2.48 bits per heavy atom. The number of benzene rings is 1. The van der Waals surface area contributed by atoms with E-state index in [4.69, 9.17) is 23.2 Å². The molecule has 2 aromatic rings. The van der Waals surface area contributed by atoms with E-state index >= 15 is 0 Å². The van der Waals surface area contributed by atoms with Crippen LogP contribution in [-0.2, 0) is 0 Å². The first kappa shape index (κ1) is 15.2. The quantitative estimate of drug-likeness (QED) is 0.638. The smallest absolute Gasteiger partial charge is 0.271 e. The largest absolute Gasteiger partial charge is 0.311 e. The highest BCUT2D eigenvalue weighted by atomic mass is 35.5. The van der Waals surface area contributed by atoms with Crippen molar-refractivity contribution in [2.75, 3.05) is 11.9 Å². The van der Waals surface area contributed by atoms with Crippen molar-refractivity contribution in [2.24, 2.45) is 0 Å². The van der Waals surface area contributed by atoms with Gasteiger partial charge in [-0.1, -0.05) is 23.2 Å². The van der Waals surface area contributed by atoms with E-state index in [-0.39, 0.29) is 21.3 Å². The lowest BCUT2D eigenvalue weighted by Crippen LogP contribution is -2.26. The third-order valence-corrected chi connectivity index (χ3v) is 3.61.